The molecule has 0 unspecified atom stereocenters. The molecule has 0 saturated heterocycles. The van der Waals surface area contributed by atoms with Gasteiger partial charge in [0.25, 0.3) is 0 Å². The van der Waals surface area contributed by atoms with E-state index < -0.39 is 0 Å². The Morgan fingerprint density at radius 1 is 1.00 bits per heavy atom. The molecule has 1 rings (SSSR count). The number of carbonyl (C=O) groups is 1. The van der Waals surface area contributed by atoms with Crippen molar-refractivity contribution in [3.63, 3.8) is 0 Å². The van der Waals surface area contributed by atoms with Crippen LogP contribution in [0.15, 0.2) is 46.6 Å². The molecule has 0 aromatic carbocycles. The Kier molecular flexibility index (Phi) is 8.81. The van der Waals surface area contributed by atoms with Crippen LogP contribution >= 0.6 is 0 Å². The topological polar surface area (TPSA) is 26.3 Å². The predicted molar refractivity (Wildman–Crippen MR) is 103 cm³/mol. The summed E-state index contributed by atoms with van der Waals surface area (Å²) in [6, 6.07) is 0. The Labute approximate surface area is 148 Å². The molecule has 0 N–H and O–H groups in total. The average molecular weight is 331 g/mol. The molecule has 0 amide bonds. The van der Waals surface area contributed by atoms with Crippen LogP contribution in [0.25, 0.3) is 0 Å². The number of hydrogen-bond acceptors (Lipinski definition) is 2. The zero-order valence-corrected chi connectivity index (χ0v) is 16.3. The number of hydrogen-bond donors (Lipinski definition) is 0. The van der Waals surface area contributed by atoms with Crippen LogP contribution in [0.5, 0.6) is 0 Å². The smallest absolute Gasteiger partial charge is 0.303 e. The molecule has 0 radical (unpaired) electrons. The van der Waals surface area contributed by atoms with Gasteiger partial charge in [-0.3, -0.25) is 4.79 Å². The molecule has 0 aliphatic heterocycles. The normalized spacial score (nSPS) is 29.9. The van der Waals surface area contributed by atoms with Crippen LogP contribution < -0.4 is 0 Å². The summed E-state index contributed by atoms with van der Waals surface area (Å²) in [6.07, 6.45) is 14.0. The van der Waals surface area contributed by atoms with Crippen molar-refractivity contribution >= 4 is 5.97 Å². The molecule has 1 atom stereocenters. The standard InChI is InChI=1S/C22H34O2/c1-16(2)21-14-13-18(4)11-7-9-17(3)10-8-12-19(5)15-22(21)24-20(6)23/h9,12-14,16,22H,7-8,10-11,15H2,1-6H3/b17-9+,18-13-,19-12+,21-14+/t22-/m0/s1. The summed E-state index contributed by atoms with van der Waals surface area (Å²) in [5.74, 6) is 0.140. The van der Waals surface area contributed by atoms with Gasteiger partial charge in [-0.2, -0.15) is 0 Å². The minimum Gasteiger partial charge on any atom is -0.458 e. The van der Waals surface area contributed by atoms with Gasteiger partial charge in [0.1, 0.15) is 6.10 Å². The first-order chi connectivity index (χ1) is 11.3. The SMILES string of the molecule is CC(=O)O[C@H]1C/C(C)=C/CC/C(C)=C/CC/C(C)=C\C=C\1C(C)C. The van der Waals surface area contributed by atoms with Crippen molar-refractivity contribution in [2.45, 2.75) is 79.8 Å². The van der Waals surface area contributed by atoms with E-state index in [-0.39, 0.29) is 12.1 Å². The second-order valence-electron chi connectivity index (χ2n) is 7.31. The van der Waals surface area contributed by atoms with Crippen LogP contribution in [-0.4, -0.2) is 12.1 Å². The second-order valence-corrected chi connectivity index (χ2v) is 7.31. The summed E-state index contributed by atoms with van der Waals surface area (Å²) >= 11 is 0. The van der Waals surface area contributed by atoms with Crippen LogP contribution in [0, 0.1) is 5.92 Å². The van der Waals surface area contributed by atoms with Crippen molar-refractivity contribution in [3.05, 3.63) is 46.6 Å². The van der Waals surface area contributed by atoms with Crippen molar-refractivity contribution in [2.75, 3.05) is 0 Å². The molecular weight excluding hydrogens is 296 g/mol. The molecule has 2 heteroatoms. The van der Waals surface area contributed by atoms with Crippen LogP contribution in [-0.2, 0) is 9.53 Å². The van der Waals surface area contributed by atoms with E-state index >= 15 is 0 Å². The van der Waals surface area contributed by atoms with Gasteiger partial charge in [-0.1, -0.05) is 54.9 Å². The lowest BCUT2D eigenvalue weighted by molar-refractivity contribution is -0.144. The Morgan fingerprint density at radius 2 is 1.58 bits per heavy atom. The highest BCUT2D eigenvalue weighted by molar-refractivity contribution is 5.66. The molecule has 1 aliphatic carbocycles. The summed E-state index contributed by atoms with van der Waals surface area (Å²) in [5.41, 5.74) is 5.31. The van der Waals surface area contributed by atoms with E-state index in [2.05, 4.69) is 58.9 Å². The number of allylic oxidation sites excluding steroid dienone is 6. The number of rotatable bonds is 2. The van der Waals surface area contributed by atoms with E-state index in [9.17, 15) is 4.79 Å². The highest BCUT2D eigenvalue weighted by Gasteiger charge is 2.20. The Morgan fingerprint density at radius 3 is 2.17 bits per heavy atom. The molecule has 0 fully saturated rings. The Bertz CT molecular complexity index is 544. The second kappa shape index (κ2) is 10.3. The monoisotopic (exact) mass is 330 g/mol. The third kappa shape index (κ3) is 7.81. The van der Waals surface area contributed by atoms with Gasteiger partial charge in [0, 0.05) is 13.3 Å². The quantitative estimate of drug-likeness (QED) is 0.438. The van der Waals surface area contributed by atoms with Gasteiger partial charge in [0.2, 0.25) is 0 Å². The van der Waals surface area contributed by atoms with Crippen molar-refractivity contribution in [2.24, 2.45) is 5.92 Å². The molecule has 0 aromatic heterocycles. The third-order valence-corrected chi connectivity index (χ3v) is 4.48. The van der Waals surface area contributed by atoms with Crippen molar-refractivity contribution < 1.29 is 9.53 Å². The summed E-state index contributed by atoms with van der Waals surface area (Å²) in [5, 5.41) is 0. The van der Waals surface area contributed by atoms with Crippen molar-refractivity contribution in [3.8, 4) is 0 Å². The van der Waals surface area contributed by atoms with Gasteiger partial charge >= 0.3 is 5.97 Å². The predicted octanol–water partition coefficient (Wildman–Crippen LogP) is 6.30. The highest BCUT2D eigenvalue weighted by atomic mass is 16.5. The molecule has 1 aliphatic rings. The third-order valence-electron chi connectivity index (χ3n) is 4.48. The van der Waals surface area contributed by atoms with Crippen LogP contribution in [0.1, 0.15) is 73.6 Å². The van der Waals surface area contributed by atoms with E-state index in [1.807, 2.05) is 0 Å². The Hall–Kier alpha value is -1.57. The van der Waals surface area contributed by atoms with E-state index in [1.54, 1.807) is 0 Å². The van der Waals surface area contributed by atoms with E-state index in [0.29, 0.717) is 5.92 Å². The van der Waals surface area contributed by atoms with Crippen LogP contribution in [0.2, 0.25) is 0 Å². The zero-order valence-electron chi connectivity index (χ0n) is 16.3. The number of ether oxygens (including phenoxy) is 1. The largest absolute Gasteiger partial charge is 0.458 e. The fraction of sp³-hybridized carbons (Fsp3) is 0.591. The van der Waals surface area contributed by atoms with Gasteiger partial charge in [-0.15, -0.1) is 0 Å². The number of carbonyl (C=O) groups excluding carboxylic acids is 1. The molecule has 0 saturated carbocycles. The van der Waals surface area contributed by atoms with Gasteiger partial charge < -0.3 is 4.74 Å². The lowest BCUT2D eigenvalue weighted by Gasteiger charge is -2.23. The lowest BCUT2D eigenvalue weighted by atomic mass is 9.91. The van der Waals surface area contributed by atoms with Gasteiger partial charge in [0.05, 0.1) is 0 Å². The summed E-state index contributed by atoms with van der Waals surface area (Å²) in [4.78, 5) is 11.6. The first kappa shape index (κ1) is 20.5. The fourth-order valence-corrected chi connectivity index (χ4v) is 2.99. The van der Waals surface area contributed by atoms with Crippen molar-refractivity contribution in [1.82, 2.24) is 0 Å². The molecule has 134 valence electrons. The van der Waals surface area contributed by atoms with Crippen LogP contribution in [0.3, 0.4) is 0 Å². The minimum atomic E-state index is -0.208. The number of esters is 1. The molecule has 2 nitrogen and oxygen atoms in total. The first-order valence-electron chi connectivity index (χ1n) is 9.15. The van der Waals surface area contributed by atoms with E-state index in [0.717, 1.165) is 32.1 Å². The maximum Gasteiger partial charge on any atom is 0.303 e. The lowest BCUT2D eigenvalue weighted by Crippen LogP contribution is -2.22. The molecule has 0 heterocycles. The van der Waals surface area contributed by atoms with E-state index in [1.165, 1.54) is 29.2 Å². The van der Waals surface area contributed by atoms with Gasteiger partial charge in [-0.05, 0) is 57.9 Å². The highest BCUT2D eigenvalue weighted by Crippen LogP contribution is 2.25. The maximum atomic E-state index is 11.6. The molecular formula is C22H34O2. The molecule has 0 aromatic rings. The summed E-state index contributed by atoms with van der Waals surface area (Å²) in [6.45, 7) is 12.4. The average Bonchev–Trinajstić information content (AvgIpc) is 2.45. The summed E-state index contributed by atoms with van der Waals surface area (Å²) < 4.78 is 5.66. The van der Waals surface area contributed by atoms with E-state index in [4.69, 9.17) is 4.74 Å². The first-order valence-corrected chi connectivity index (χ1v) is 9.15. The summed E-state index contributed by atoms with van der Waals surface area (Å²) in [7, 11) is 0. The Balaban J connectivity index is 3.17. The maximum absolute atomic E-state index is 11.6. The zero-order chi connectivity index (χ0) is 18.1. The van der Waals surface area contributed by atoms with Gasteiger partial charge in [0.15, 0.2) is 0 Å². The molecule has 24 heavy (non-hydrogen) atoms. The molecule has 0 spiro atoms. The fourth-order valence-electron chi connectivity index (χ4n) is 2.99. The minimum absolute atomic E-state index is 0.164. The molecule has 0 bridgehead atoms. The van der Waals surface area contributed by atoms with Crippen molar-refractivity contribution in [1.29, 1.82) is 0 Å². The van der Waals surface area contributed by atoms with Crippen LogP contribution in [0.4, 0.5) is 0 Å². The van der Waals surface area contributed by atoms with Gasteiger partial charge in [-0.25, -0.2) is 0 Å².